The van der Waals surface area contributed by atoms with Crippen LogP contribution >= 0.6 is 0 Å². The van der Waals surface area contributed by atoms with Gasteiger partial charge in [-0.1, -0.05) is 6.42 Å². The molecule has 1 aliphatic heterocycles. The van der Waals surface area contributed by atoms with Gasteiger partial charge in [0, 0.05) is 24.2 Å². The van der Waals surface area contributed by atoms with Crippen molar-refractivity contribution in [2.24, 2.45) is 5.92 Å². The normalized spacial score (nSPS) is 33.5. The highest BCUT2D eigenvalue weighted by atomic mass is 15.2. The van der Waals surface area contributed by atoms with Crippen LogP contribution in [0.2, 0.25) is 0 Å². The summed E-state index contributed by atoms with van der Waals surface area (Å²) in [7, 11) is 4.35. The molecule has 2 N–H and O–H groups in total. The van der Waals surface area contributed by atoms with Gasteiger partial charge in [-0.15, -0.1) is 0 Å². The van der Waals surface area contributed by atoms with Crippen molar-refractivity contribution in [3.05, 3.63) is 0 Å². The van der Waals surface area contributed by atoms with Crippen LogP contribution in [0.5, 0.6) is 0 Å². The van der Waals surface area contributed by atoms with E-state index in [1.807, 2.05) is 0 Å². The van der Waals surface area contributed by atoms with E-state index < -0.39 is 0 Å². The molecule has 1 saturated carbocycles. The molecule has 3 nitrogen and oxygen atoms in total. The Bertz CT molecular complexity index is 256. The van der Waals surface area contributed by atoms with Gasteiger partial charge in [0.15, 0.2) is 0 Å². The summed E-state index contributed by atoms with van der Waals surface area (Å²) in [6, 6.07) is 1.52. The van der Waals surface area contributed by atoms with Crippen LogP contribution in [0.15, 0.2) is 0 Å². The summed E-state index contributed by atoms with van der Waals surface area (Å²) >= 11 is 0. The summed E-state index contributed by atoms with van der Waals surface area (Å²) in [5, 5.41) is 7.55. The van der Waals surface area contributed by atoms with Crippen LogP contribution in [-0.2, 0) is 0 Å². The third-order valence-electron chi connectivity index (χ3n) is 5.19. The predicted octanol–water partition coefficient (Wildman–Crippen LogP) is 1.84. The Balaban J connectivity index is 1.84. The summed E-state index contributed by atoms with van der Waals surface area (Å²) in [4.78, 5) is 2.32. The summed E-state index contributed by atoms with van der Waals surface area (Å²) in [6.07, 6.45) is 6.95. The van der Waals surface area contributed by atoms with Crippen LogP contribution in [0, 0.1) is 5.92 Å². The molecule has 1 aliphatic carbocycles. The van der Waals surface area contributed by atoms with Crippen LogP contribution in [-0.4, -0.2) is 49.7 Å². The SMILES string of the molecule is CN(C)C(C)(C)CNC1CCCC1C1CCCN1. The second-order valence-electron chi connectivity index (χ2n) is 6.99. The van der Waals surface area contributed by atoms with Gasteiger partial charge in [0.25, 0.3) is 0 Å². The van der Waals surface area contributed by atoms with E-state index in [9.17, 15) is 0 Å². The van der Waals surface area contributed by atoms with Crippen molar-refractivity contribution < 1.29 is 0 Å². The third kappa shape index (κ3) is 3.25. The van der Waals surface area contributed by atoms with Gasteiger partial charge < -0.3 is 15.5 Å². The molecule has 3 atom stereocenters. The zero-order valence-electron chi connectivity index (χ0n) is 12.6. The molecule has 2 aliphatic rings. The van der Waals surface area contributed by atoms with Gasteiger partial charge in [-0.2, -0.15) is 0 Å². The van der Waals surface area contributed by atoms with Crippen molar-refractivity contribution in [2.75, 3.05) is 27.2 Å². The van der Waals surface area contributed by atoms with Crippen LogP contribution in [0.25, 0.3) is 0 Å². The van der Waals surface area contributed by atoms with E-state index in [1.54, 1.807) is 0 Å². The predicted molar refractivity (Wildman–Crippen MR) is 77.9 cm³/mol. The minimum absolute atomic E-state index is 0.246. The van der Waals surface area contributed by atoms with Gasteiger partial charge in [-0.25, -0.2) is 0 Å². The molecular formula is C15H31N3. The minimum atomic E-state index is 0.246. The molecule has 0 spiro atoms. The molecule has 3 unspecified atom stereocenters. The lowest BCUT2D eigenvalue weighted by Crippen LogP contribution is -2.51. The summed E-state index contributed by atoms with van der Waals surface area (Å²) in [5.74, 6) is 0.866. The quantitative estimate of drug-likeness (QED) is 0.783. The van der Waals surface area contributed by atoms with E-state index in [0.717, 1.165) is 24.5 Å². The van der Waals surface area contributed by atoms with Gasteiger partial charge in [-0.3, -0.25) is 0 Å². The molecule has 18 heavy (non-hydrogen) atoms. The van der Waals surface area contributed by atoms with Crippen LogP contribution in [0.4, 0.5) is 0 Å². The molecule has 3 heteroatoms. The molecule has 0 amide bonds. The molecule has 2 fully saturated rings. The van der Waals surface area contributed by atoms with Crippen molar-refractivity contribution >= 4 is 0 Å². The fourth-order valence-electron chi connectivity index (χ4n) is 3.34. The second kappa shape index (κ2) is 5.89. The van der Waals surface area contributed by atoms with E-state index in [1.165, 1.54) is 38.6 Å². The number of nitrogens with one attached hydrogen (secondary N) is 2. The van der Waals surface area contributed by atoms with E-state index in [4.69, 9.17) is 0 Å². The first kappa shape index (κ1) is 14.3. The van der Waals surface area contributed by atoms with Gasteiger partial charge in [0.2, 0.25) is 0 Å². The van der Waals surface area contributed by atoms with Gasteiger partial charge in [0.1, 0.15) is 0 Å². The van der Waals surface area contributed by atoms with Crippen molar-refractivity contribution in [3.63, 3.8) is 0 Å². The maximum absolute atomic E-state index is 3.85. The second-order valence-corrected chi connectivity index (χ2v) is 6.99. The molecular weight excluding hydrogens is 222 g/mol. The molecule has 0 bridgehead atoms. The molecule has 1 saturated heterocycles. The van der Waals surface area contributed by atoms with Gasteiger partial charge in [0.05, 0.1) is 0 Å². The Morgan fingerprint density at radius 3 is 2.56 bits per heavy atom. The van der Waals surface area contributed by atoms with Crippen molar-refractivity contribution in [3.8, 4) is 0 Å². The molecule has 0 aromatic heterocycles. The number of rotatable bonds is 5. The van der Waals surface area contributed by atoms with Crippen molar-refractivity contribution in [1.82, 2.24) is 15.5 Å². The van der Waals surface area contributed by atoms with Crippen LogP contribution in [0.3, 0.4) is 0 Å². The highest BCUT2D eigenvalue weighted by molar-refractivity contribution is 4.94. The zero-order chi connectivity index (χ0) is 13.2. The van der Waals surface area contributed by atoms with Crippen molar-refractivity contribution in [2.45, 2.75) is 63.6 Å². The van der Waals surface area contributed by atoms with Gasteiger partial charge >= 0.3 is 0 Å². The first-order valence-corrected chi connectivity index (χ1v) is 7.65. The van der Waals surface area contributed by atoms with Gasteiger partial charge in [-0.05, 0) is 66.1 Å². The van der Waals surface area contributed by atoms with Crippen LogP contribution in [0.1, 0.15) is 46.0 Å². The number of hydrogen-bond donors (Lipinski definition) is 2. The highest BCUT2D eigenvalue weighted by Gasteiger charge is 2.35. The Labute approximate surface area is 113 Å². The Hall–Kier alpha value is -0.120. The minimum Gasteiger partial charge on any atom is -0.314 e. The molecule has 1 heterocycles. The topological polar surface area (TPSA) is 27.3 Å². The smallest absolute Gasteiger partial charge is 0.0271 e. The molecule has 0 aromatic rings. The maximum Gasteiger partial charge on any atom is 0.0271 e. The molecule has 106 valence electrons. The average Bonchev–Trinajstić information content (AvgIpc) is 2.96. The monoisotopic (exact) mass is 253 g/mol. The summed E-state index contributed by atoms with van der Waals surface area (Å²) < 4.78 is 0. The van der Waals surface area contributed by atoms with E-state index in [-0.39, 0.29) is 5.54 Å². The highest BCUT2D eigenvalue weighted by Crippen LogP contribution is 2.32. The van der Waals surface area contributed by atoms with E-state index in [2.05, 4.69) is 43.5 Å². The Morgan fingerprint density at radius 1 is 1.17 bits per heavy atom. The first-order valence-electron chi connectivity index (χ1n) is 7.65. The lowest BCUT2D eigenvalue weighted by Gasteiger charge is -2.36. The molecule has 0 radical (unpaired) electrons. The van der Waals surface area contributed by atoms with E-state index in [0.29, 0.717) is 0 Å². The largest absolute Gasteiger partial charge is 0.314 e. The fraction of sp³-hybridized carbons (Fsp3) is 1.00. The van der Waals surface area contributed by atoms with Crippen LogP contribution < -0.4 is 10.6 Å². The number of nitrogens with zero attached hydrogens (tertiary/aromatic N) is 1. The first-order chi connectivity index (χ1) is 8.50. The summed E-state index contributed by atoms with van der Waals surface area (Å²) in [6.45, 7) is 6.96. The summed E-state index contributed by atoms with van der Waals surface area (Å²) in [5.41, 5.74) is 0.246. The molecule has 0 aromatic carbocycles. The lowest BCUT2D eigenvalue weighted by molar-refractivity contribution is 0.176. The maximum atomic E-state index is 3.85. The third-order valence-corrected chi connectivity index (χ3v) is 5.19. The van der Waals surface area contributed by atoms with E-state index >= 15 is 0 Å². The zero-order valence-corrected chi connectivity index (χ0v) is 12.6. The Kier molecular flexibility index (Phi) is 4.68. The van der Waals surface area contributed by atoms with Crippen molar-refractivity contribution in [1.29, 1.82) is 0 Å². The number of likely N-dealkylation sites (N-methyl/N-ethyl adjacent to an activating group) is 1. The number of hydrogen-bond acceptors (Lipinski definition) is 3. The fourth-order valence-corrected chi connectivity index (χ4v) is 3.34. The standard InChI is InChI=1S/C15H31N3/c1-15(2,18(3)4)11-17-14-8-5-7-12(14)13-9-6-10-16-13/h12-14,16-17H,5-11H2,1-4H3. The lowest BCUT2D eigenvalue weighted by atomic mass is 9.92. The molecule has 2 rings (SSSR count). The average molecular weight is 253 g/mol. The Morgan fingerprint density at radius 2 is 1.94 bits per heavy atom.